The molecule has 2 aromatic rings. The van der Waals surface area contributed by atoms with Crippen molar-refractivity contribution < 1.29 is 9.53 Å². The minimum absolute atomic E-state index is 0.470. The van der Waals surface area contributed by atoms with Gasteiger partial charge in [-0.15, -0.1) is 0 Å². The molecule has 0 spiro atoms. The molecule has 1 amide bonds. The highest BCUT2D eigenvalue weighted by molar-refractivity contribution is 6.30. The van der Waals surface area contributed by atoms with E-state index in [4.69, 9.17) is 22.1 Å². The molecule has 0 aromatic heterocycles. The molecule has 0 fully saturated rings. The predicted octanol–water partition coefficient (Wildman–Crippen LogP) is 3.16. The van der Waals surface area contributed by atoms with Gasteiger partial charge in [0.05, 0.1) is 7.11 Å². The van der Waals surface area contributed by atoms with Crippen molar-refractivity contribution >= 4 is 23.2 Å². The normalized spacial score (nSPS) is 13.3. The summed E-state index contributed by atoms with van der Waals surface area (Å²) in [6, 6.07) is 14.3. The molecule has 4 nitrogen and oxygen atoms in total. The van der Waals surface area contributed by atoms with Gasteiger partial charge in [0.2, 0.25) is 5.91 Å². The van der Waals surface area contributed by atoms with E-state index in [2.05, 4.69) is 5.32 Å². The van der Waals surface area contributed by atoms with Gasteiger partial charge in [-0.1, -0.05) is 23.7 Å². The van der Waals surface area contributed by atoms with Gasteiger partial charge in [-0.25, -0.2) is 0 Å². The van der Waals surface area contributed by atoms with Crippen molar-refractivity contribution in [3.05, 3.63) is 59.1 Å². The van der Waals surface area contributed by atoms with Gasteiger partial charge in [-0.3, -0.25) is 4.79 Å². The van der Waals surface area contributed by atoms with Crippen LogP contribution in [0.15, 0.2) is 48.5 Å². The van der Waals surface area contributed by atoms with Gasteiger partial charge >= 0.3 is 0 Å². The van der Waals surface area contributed by atoms with Crippen LogP contribution in [0, 0.1) is 0 Å². The number of carbonyl (C=O) groups excluding carboxylic acids is 1. The van der Waals surface area contributed by atoms with Gasteiger partial charge in [-0.05, 0) is 48.9 Å². The van der Waals surface area contributed by atoms with Gasteiger partial charge in [0.15, 0.2) is 0 Å². The zero-order valence-electron chi connectivity index (χ0n) is 11.9. The zero-order valence-corrected chi connectivity index (χ0v) is 12.6. The molecule has 0 aliphatic heterocycles. The van der Waals surface area contributed by atoms with Crippen molar-refractivity contribution in [3.63, 3.8) is 0 Å². The van der Waals surface area contributed by atoms with E-state index < -0.39 is 11.4 Å². The highest BCUT2D eigenvalue weighted by atomic mass is 35.5. The number of hydrogen-bond donors (Lipinski definition) is 2. The monoisotopic (exact) mass is 304 g/mol. The maximum absolute atomic E-state index is 11.9. The molecule has 2 aromatic carbocycles. The van der Waals surface area contributed by atoms with Crippen LogP contribution in [0.25, 0.3) is 0 Å². The number of ether oxygens (including phenoxy) is 1. The number of nitrogens with one attached hydrogen (secondary N) is 1. The van der Waals surface area contributed by atoms with Crippen LogP contribution in [0.2, 0.25) is 5.02 Å². The standard InChI is InChI=1S/C16H17ClN2O2/c1-16(15(18)20,11-3-9-14(21-2)10-4-11)19-13-7-5-12(17)6-8-13/h3-10,19H,1-2H3,(H2,18,20). The number of methoxy groups -OCH3 is 1. The third-order valence-electron chi connectivity index (χ3n) is 3.40. The fourth-order valence-electron chi connectivity index (χ4n) is 2.02. The molecule has 1 unspecified atom stereocenters. The molecule has 1 atom stereocenters. The minimum Gasteiger partial charge on any atom is -0.497 e. The van der Waals surface area contributed by atoms with E-state index in [0.717, 1.165) is 17.0 Å². The summed E-state index contributed by atoms with van der Waals surface area (Å²) in [5.41, 5.74) is 6.08. The number of hydrogen-bond acceptors (Lipinski definition) is 3. The first kappa shape index (κ1) is 15.2. The first-order valence-electron chi connectivity index (χ1n) is 6.44. The Morgan fingerprint density at radius 2 is 1.71 bits per heavy atom. The van der Waals surface area contributed by atoms with Gasteiger partial charge < -0.3 is 15.8 Å². The molecule has 0 aliphatic carbocycles. The highest BCUT2D eigenvalue weighted by Gasteiger charge is 2.33. The van der Waals surface area contributed by atoms with Crippen molar-refractivity contribution in [1.29, 1.82) is 0 Å². The van der Waals surface area contributed by atoms with E-state index in [9.17, 15) is 4.79 Å². The first-order chi connectivity index (χ1) is 9.95. The lowest BCUT2D eigenvalue weighted by molar-refractivity contribution is -0.122. The number of benzene rings is 2. The Morgan fingerprint density at radius 1 is 1.14 bits per heavy atom. The van der Waals surface area contributed by atoms with Crippen LogP contribution < -0.4 is 15.8 Å². The number of rotatable bonds is 5. The Hall–Kier alpha value is -2.20. The zero-order chi connectivity index (χ0) is 15.5. The lowest BCUT2D eigenvalue weighted by Crippen LogP contribution is -2.45. The Balaban J connectivity index is 2.34. The molecule has 110 valence electrons. The van der Waals surface area contributed by atoms with Gasteiger partial charge in [-0.2, -0.15) is 0 Å². The van der Waals surface area contributed by atoms with Crippen LogP contribution >= 0.6 is 11.6 Å². The molecule has 0 heterocycles. The largest absolute Gasteiger partial charge is 0.497 e. The summed E-state index contributed by atoms with van der Waals surface area (Å²) in [7, 11) is 1.59. The third-order valence-corrected chi connectivity index (χ3v) is 3.65. The van der Waals surface area contributed by atoms with E-state index in [1.807, 2.05) is 12.1 Å². The van der Waals surface area contributed by atoms with Crippen molar-refractivity contribution in [1.82, 2.24) is 0 Å². The third kappa shape index (κ3) is 3.28. The number of primary amides is 1. The number of amides is 1. The van der Waals surface area contributed by atoms with E-state index in [1.54, 1.807) is 50.4 Å². The number of anilines is 1. The first-order valence-corrected chi connectivity index (χ1v) is 6.81. The second-order valence-corrected chi connectivity index (χ2v) is 5.29. The smallest absolute Gasteiger partial charge is 0.247 e. The molecular weight excluding hydrogens is 288 g/mol. The molecule has 21 heavy (non-hydrogen) atoms. The maximum atomic E-state index is 11.9. The second kappa shape index (κ2) is 6.06. The average Bonchev–Trinajstić information content (AvgIpc) is 2.49. The molecule has 0 radical (unpaired) electrons. The lowest BCUT2D eigenvalue weighted by Gasteiger charge is -2.29. The quantitative estimate of drug-likeness (QED) is 0.892. The SMILES string of the molecule is COc1ccc(C(C)(Nc2ccc(Cl)cc2)C(N)=O)cc1. The van der Waals surface area contributed by atoms with Crippen LogP contribution in [0.4, 0.5) is 5.69 Å². The molecular formula is C16H17ClN2O2. The van der Waals surface area contributed by atoms with Crippen molar-refractivity contribution in [3.8, 4) is 5.75 Å². The van der Waals surface area contributed by atoms with Crippen LogP contribution in [0.3, 0.4) is 0 Å². The maximum Gasteiger partial charge on any atom is 0.247 e. The summed E-state index contributed by atoms with van der Waals surface area (Å²) in [5.74, 6) is 0.250. The molecule has 5 heteroatoms. The topological polar surface area (TPSA) is 64.3 Å². The Kier molecular flexibility index (Phi) is 4.38. The summed E-state index contributed by atoms with van der Waals surface area (Å²) in [6.07, 6.45) is 0. The fourth-order valence-corrected chi connectivity index (χ4v) is 2.15. The Labute approximate surface area is 128 Å². The number of nitrogens with two attached hydrogens (primary N) is 1. The van der Waals surface area contributed by atoms with Crippen LogP contribution in [0.1, 0.15) is 12.5 Å². The highest BCUT2D eigenvalue weighted by Crippen LogP contribution is 2.28. The summed E-state index contributed by atoms with van der Waals surface area (Å²) in [6.45, 7) is 1.74. The molecule has 2 rings (SSSR count). The van der Waals surface area contributed by atoms with Crippen LogP contribution in [-0.4, -0.2) is 13.0 Å². The fraction of sp³-hybridized carbons (Fsp3) is 0.188. The summed E-state index contributed by atoms with van der Waals surface area (Å²) >= 11 is 5.86. The molecule has 3 N–H and O–H groups in total. The molecule has 0 saturated carbocycles. The van der Waals surface area contributed by atoms with E-state index >= 15 is 0 Å². The second-order valence-electron chi connectivity index (χ2n) is 4.85. The number of halogens is 1. The van der Waals surface area contributed by atoms with Crippen LogP contribution in [0.5, 0.6) is 5.75 Å². The van der Waals surface area contributed by atoms with Crippen molar-refractivity contribution in [2.75, 3.05) is 12.4 Å². The Morgan fingerprint density at radius 3 is 2.19 bits per heavy atom. The molecule has 0 saturated heterocycles. The van der Waals surface area contributed by atoms with Gasteiger partial charge in [0, 0.05) is 10.7 Å². The predicted molar refractivity (Wildman–Crippen MR) is 84.6 cm³/mol. The van der Waals surface area contributed by atoms with Crippen LogP contribution in [-0.2, 0) is 10.3 Å². The van der Waals surface area contributed by atoms with E-state index in [0.29, 0.717) is 5.02 Å². The van der Waals surface area contributed by atoms with Gasteiger partial charge in [0.1, 0.15) is 11.3 Å². The lowest BCUT2D eigenvalue weighted by atomic mass is 9.90. The summed E-state index contributed by atoms with van der Waals surface area (Å²) in [5, 5.41) is 3.79. The molecule has 0 bridgehead atoms. The molecule has 0 aliphatic rings. The Bertz CT molecular complexity index is 626. The van der Waals surface area contributed by atoms with E-state index in [1.165, 1.54) is 0 Å². The average molecular weight is 305 g/mol. The van der Waals surface area contributed by atoms with Crippen molar-refractivity contribution in [2.24, 2.45) is 5.73 Å². The summed E-state index contributed by atoms with van der Waals surface area (Å²) < 4.78 is 5.12. The van der Waals surface area contributed by atoms with E-state index in [-0.39, 0.29) is 0 Å². The van der Waals surface area contributed by atoms with Gasteiger partial charge in [0.25, 0.3) is 0 Å². The number of carbonyl (C=O) groups is 1. The minimum atomic E-state index is -1.03. The van der Waals surface area contributed by atoms with Crippen molar-refractivity contribution in [2.45, 2.75) is 12.5 Å². The summed E-state index contributed by atoms with van der Waals surface area (Å²) in [4.78, 5) is 11.9.